The van der Waals surface area contributed by atoms with E-state index in [1.165, 1.54) is 5.56 Å². The zero-order valence-corrected chi connectivity index (χ0v) is 16.1. The molecule has 2 aromatic carbocycles. The summed E-state index contributed by atoms with van der Waals surface area (Å²) in [5.41, 5.74) is 2.10. The van der Waals surface area contributed by atoms with Gasteiger partial charge in [-0.05, 0) is 31.0 Å². The molecule has 0 aliphatic heterocycles. The van der Waals surface area contributed by atoms with Crippen molar-refractivity contribution < 1.29 is 14.3 Å². The van der Waals surface area contributed by atoms with E-state index in [0.717, 1.165) is 11.8 Å². The number of hydrogen-bond acceptors (Lipinski definition) is 4. The second-order valence-electron chi connectivity index (χ2n) is 6.69. The number of carbonyl (C=O) groups is 2. The van der Waals surface area contributed by atoms with Crippen LogP contribution in [-0.2, 0) is 9.53 Å². The fraction of sp³-hybridized carbons (Fsp3) is 0.261. The number of amides is 1. The summed E-state index contributed by atoms with van der Waals surface area (Å²) in [5, 5.41) is 3.74. The third-order valence-electron chi connectivity index (χ3n) is 4.79. The van der Waals surface area contributed by atoms with Gasteiger partial charge in [0.25, 0.3) is 5.91 Å². The van der Waals surface area contributed by atoms with Gasteiger partial charge in [-0.2, -0.15) is 0 Å². The highest BCUT2D eigenvalue weighted by atomic mass is 16.5. The van der Waals surface area contributed by atoms with Gasteiger partial charge in [0.15, 0.2) is 6.10 Å². The van der Waals surface area contributed by atoms with Crippen LogP contribution in [0.3, 0.4) is 0 Å². The monoisotopic (exact) mass is 376 g/mol. The average molecular weight is 376 g/mol. The minimum Gasteiger partial charge on any atom is -0.449 e. The Morgan fingerprint density at radius 3 is 2.54 bits per heavy atom. The maximum absolute atomic E-state index is 12.5. The van der Waals surface area contributed by atoms with Crippen molar-refractivity contribution in [1.29, 1.82) is 0 Å². The van der Waals surface area contributed by atoms with Crippen molar-refractivity contribution in [3.63, 3.8) is 0 Å². The smallest absolute Gasteiger partial charge is 0.341 e. The van der Waals surface area contributed by atoms with E-state index >= 15 is 0 Å². The summed E-state index contributed by atoms with van der Waals surface area (Å²) in [7, 11) is 0. The summed E-state index contributed by atoms with van der Waals surface area (Å²) in [4.78, 5) is 29.2. The molecular weight excluding hydrogens is 352 g/mol. The maximum atomic E-state index is 12.5. The third-order valence-corrected chi connectivity index (χ3v) is 4.79. The Bertz CT molecular complexity index is 951. The molecule has 0 fully saturated rings. The molecule has 0 saturated heterocycles. The van der Waals surface area contributed by atoms with Gasteiger partial charge in [0.2, 0.25) is 0 Å². The third kappa shape index (κ3) is 4.55. The van der Waals surface area contributed by atoms with Gasteiger partial charge >= 0.3 is 5.97 Å². The largest absolute Gasteiger partial charge is 0.449 e. The molecule has 28 heavy (non-hydrogen) atoms. The normalized spacial score (nSPS) is 12.9. The van der Waals surface area contributed by atoms with Crippen LogP contribution in [-0.4, -0.2) is 29.5 Å². The zero-order chi connectivity index (χ0) is 19.9. The summed E-state index contributed by atoms with van der Waals surface area (Å²) in [5.74, 6) is -0.645. The first-order valence-electron chi connectivity index (χ1n) is 9.47. The van der Waals surface area contributed by atoms with Crippen LogP contribution < -0.4 is 5.32 Å². The first-order valence-corrected chi connectivity index (χ1v) is 9.47. The summed E-state index contributed by atoms with van der Waals surface area (Å²) in [6.45, 7) is 4.16. The molecule has 0 bridgehead atoms. The highest BCUT2D eigenvalue weighted by Gasteiger charge is 2.21. The highest BCUT2D eigenvalue weighted by molar-refractivity contribution is 6.03. The molecule has 5 nitrogen and oxygen atoms in total. The summed E-state index contributed by atoms with van der Waals surface area (Å²) < 4.78 is 5.39. The van der Waals surface area contributed by atoms with E-state index in [9.17, 15) is 9.59 Å². The maximum Gasteiger partial charge on any atom is 0.341 e. The number of pyridine rings is 1. The van der Waals surface area contributed by atoms with Gasteiger partial charge in [-0.1, -0.05) is 55.5 Å². The molecule has 0 spiro atoms. The Kier molecular flexibility index (Phi) is 6.37. The van der Waals surface area contributed by atoms with Crippen molar-refractivity contribution in [2.75, 3.05) is 6.54 Å². The van der Waals surface area contributed by atoms with Gasteiger partial charge in [-0.25, -0.2) is 4.79 Å². The molecule has 1 aromatic heterocycles. The van der Waals surface area contributed by atoms with Crippen LogP contribution >= 0.6 is 0 Å². The number of para-hydroxylation sites is 1. The number of nitrogens with one attached hydrogen (secondary N) is 1. The zero-order valence-electron chi connectivity index (χ0n) is 16.1. The number of esters is 1. The summed E-state index contributed by atoms with van der Waals surface area (Å²) in [6, 6.07) is 19.1. The van der Waals surface area contributed by atoms with E-state index in [-0.39, 0.29) is 11.8 Å². The van der Waals surface area contributed by atoms with Crippen LogP contribution in [0.4, 0.5) is 0 Å². The molecule has 5 heteroatoms. The number of aromatic nitrogens is 1. The minimum atomic E-state index is -0.889. The molecule has 0 unspecified atom stereocenters. The van der Waals surface area contributed by atoms with Crippen molar-refractivity contribution in [2.24, 2.45) is 0 Å². The molecule has 3 rings (SSSR count). The van der Waals surface area contributed by atoms with Crippen molar-refractivity contribution in [3.05, 3.63) is 78.0 Å². The number of rotatable bonds is 7. The van der Waals surface area contributed by atoms with Gasteiger partial charge in [-0.3, -0.25) is 9.78 Å². The van der Waals surface area contributed by atoms with Gasteiger partial charge in [0, 0.05) is 24.0 Å². The second kappa shape index (κ2) is 9.13. The molecule has 0 radical (unpaired) electrons. The predicted molar refractivity (Wildman–Crippen MR) is 109 cm³/mol. The number of hydrogen-bond donors (Lipinski definition) is 1. The van der Waals surface area contributed by atoms with E-state index in [0.29, 0.717) is 17.6 Å². The van der Waals surface area contributed by atoms with E-state index in [1.807, 2.05) is 36.4 Å². The summed E-state index contributed by atoms with van der Waals surface area (Å²) >= 11 is 0. The van der Waals surface area contributed by atoms with E-state index in [4.69, 9.17) is 4.74 Å². The number of nitrogens with zero attached hydrogens (tertiary/aromatic N) is 1. The van der Waals surface area contributed by atoms with Crippen molar-refractivity contribution in [1.82, 2.24) is 10.3 Å². The standard InChI is InChI=1S/C23H24N2O3/c1-3-17(18-9-5-4-6-10-18)15-25-22(26)16(2)28-23(27)20-13-7-11-19-12-8-14-24-21(19)20/h4-14,16-17H,3,15H2,1-2H3,(H,25,26)/t16-,17-/m1/s1. The average Bonchev–Trinajstić information content (AvgIpc) is 2.74. The topological polar surface area (TPSA) is 68.3 Å². The van der Waals surface area contributed by atoms with Crippen molar-refractivity contribution in [2.45, 2.75) is 32.3 Å². The molecule has 1 heterocycles. The lowest BCUT2D eigenvalue weighted by Crippen LogP contribution is -2.38. The number of ether oxygens (including phenoxy) is 1. The van der Waals surface area contributed by atoms with Gasteiger partial charge in [0.05, 0.1) is 11.1 Å². The second-order valence-corrected chi connectivity index (χ2v) is 6.69. The Morgan fingerprint density at radius 2 is 1.79 bits per heavy atom. The van der Waals surface area contributed by atoms with Crippen LogP contribution in [0.15, 0.2) is 66.9 Å². The van der Waals surface area contributed by atoms with E-state index < -0.39 is 12.1 Å². The molecule has 0 aliphatic carbocycles. The fourth-order valence-electron chi connectivity index (χ4n) is 3.14. The highest BCUT2D eigenvalue weighted by Crippen LogP contribution is 2.19. The van der Waals surface area contributed by atoms with Crippen LogP contribution in [0.25, 0.3) is 10.9 Å². The molecule has 1 amide bonds. The van der Waals surface area contributed by atoms with Crippen LogP contribution in [0.2, 0.25) is 0 Å². The SMILES string of the molecule is CC[C@H](CNC(=O)[C@@H](C)OC(=O)c1cccc2cccnc12)c1ccccc1. The first kappa shape index (κ1) is 19.5. The van der Waals surface area contributed by atoms with Gasteiger partial charge in [0.1, 0.15) is 0 Å². The van der Waals surface area contributed by atoms with Crippen LogP contribution in [0, 0.1) is 0 Å². The van der Waals surface area contributed by atoms with Crippen LogP contribution in [0.1, 0.15) is 42.1 Å². The number of carbonyl (C=O) groups excluding carboxylic acids is 2. The van der Waals surface area contributed by atoms with Gasteiger partial charge in [-0.15, -0.1) is 0 Å². The lowest BCUT2D eigenvalue weighted by atomic mass is 9.96. The molecular formula is C23H24N2O3. The number of fused-ring (bicyclic) bond motifs is 1. The summed E-state index contributed by atoms with van der Waals surface area (Å²) in [6.07, 6.45) is 1.64. The molecule has 0 saturated carbocycles. The van der Waals surface area contributed by atoms with Gasteiger partial charge < -0.3 is 10.1 Å². The quantitative estimate of drug-likeness (QED) is 0.631. The predicted octanol–water partition coefficient (Wildman–Crippen LogP) is 4.09. The Hall–Kier alpha value is -3.21. The molecule has 1 N–H and O–H groups in total. The number of benzene rings is 2. The van der Waals surface area contributed by atoms with Crippen LogP contribution in [0.5, 0.6) is 0 Å². The molecule has 144 valence electrons. The first-order chi connectivity index (χ1) is 13.6. The Morgan fingerprint density at radius 1 is 1.04 bits per heavy atom. The molecule has 2 atom stereocenters. The molecule has 0 aliphatic rings. The van der Waals surface area contributed by atoms with E-state index in [2.05, 4.69) is 29.4 Å². The minimum absolute atomic E-state index is 0.218. The Balaban J connectivity index is 1.61. The lowest BCUT2D eigenvalue weighted by molar-refractivity contribution is -0.129. The Labute approximate surface area is 164 Å². The van der Waals surface area contributed by atoms with Crippen molar-refractivity contribution >= 4 is 22.8 Å². The van der Waals surface area contributed by atoms with E-state index in [1.54, 1.807) is 25.3 Å². The fourth-order valence-corrected chi connectivity index (χ4v) is 3.14. The molecule has 3 aromatic rings. The van der Waals surface area contributed by atoms with Crippen molar-refractivity contribution in [3.8, 4) is 0 Å². The lowest BCUT2D eigenvalue weighted by Gasteiger charge is -2.18.